The molecule has 4 heteroatoms. The molecular formula is C14H25N3O. The highest BCUT2D eigenvalue weighted by Gasteiger charge is 2.23. The van der Waals surface area contributed by atoms with Gasteiger partial charge in [-0.05, 0) is 19.3 Å². The zero-order valence-corrected chi connectivity index (χ0v) is 11.6. The summed E-state index contributed by atoms with van der Waals surface area (Å²) in [6.45, 7) is 7.00. The topological polar surface area (TPSA) is 53.1 Å². The molecule has 1 atom stereocenters. The quantitative estimate of drug-likeness (QED) is 0.875. The van der Waals surface area contributed by atoms with Crippen molar-refractivity contribution in [3.8, 4) is 0 Å². The normalized spacial score (nSPS) is 20.2. The molecular weight excluding hydrogens is 226 g/mol. The summed E-state index contributed by atoms with van der Waals surface area (Å²) >= 11 is 0. The maximum absolute atomic E-state index is 6.30. The van der Waals surface area contributed by atoms with E-state index in [1.54, 1.807) is 0 Å². The fraction of sp³-hybridized carbons (Fsp3) is 0.786. The maximum Gasteiger partial charge on any atom is 0.127 e. The van der Waals surface area contributed by atoms with Gasteiger partial charge >= 0.3 is 0 Å². The molecule has 0 bridgehead atoms. The predicted octanol–water partition coefficient (Wildman–Crippen LogP) is 2.72. The number of nitrogens with two attached hydrogens (primary N) is 1. The second-order valence-corrected chi connectivity index (χ2v) is 5.07. The molecule has 1 saturated heterocycles. The third-order valence-corrected chi connectivity index (χ3v) is 3.71. The summed E-state index contributed by atoms with van der Waals surface area (Å²) in [5, 5.41) is 0. The van der Waals surface area contributed by atoms with E-state index in [0.29, 0.717) is 5.92 Å². The van der Waals surface area contributed by atoms with Gasteiger partial charge in [-0.15, -0.1) is 0 Å². The van der Waals surface area contributed by atoms with Gasteiger partial charge in [0, 0.05) is 25.5 Å². The number of rotatable bonds is 5. The Hall–Kier alpha value is -1.03. The van der Waals surface area contributed by atoms with Crippen molar-refractivity contribution in [3.05, 3.63) is 11.5 Å². The lowest BCUT2D eigenvalue weighted by Crippen LogP contribution is -2.17. The largest absolute Gasteiger partial charge is 0.384 e. The van der Waals surface area contributed by atoms with E-state index in [4.69, 9.17) is 15.5 Å². The number of aromatic nitrogens is 2. The first-order valence-electron chi connectivity index (χ1n) is 7.20. The molecule has 0 radical (unpaired) electrons. The molecule has 2 N–H and O–H groups in total. The van der Waals surface area contributed by atoms with Crippen LogP contribution in [0.2, 0.25) is 0 Å². The van der Waals surface area contributed by atoms with Crippen LogP contribution in [0.5, 0.6) is 0 Å². The molecule has 2 heterocycles. The SMILES string of the molecule is CCCCn1c(CC)nc(C2CCCOC2)c1N. The van der Waals surface area contributed by atoms with Crippen LogP contribution in [-0.2, 0) is 17.7 Å². The first-order valence-corrected chi connectivity index (χ1v) is 7.20. The second kappa shape index (κ2) is 6.23. The Balaban J connectivity index is 2.21. The van der Waals surface area contributed by atoms with Gasteiger partial charge in [0.15, 0.2) is 0 Å². The highest BCUT2D eigenvalue weighted by atomic mass is 16.5. The van der Waals surface area contributed by atoms with Gasteiger partial charge in [-0.25, -0.2) is 4.98 Å². The number of anilines is 1. The van der Waals surface area contributed by atoms with Crippen LogP contribution >= 0.6 is 0 Å². The van der Waals surface area contributed by atoms with Crippen molar-refractivity contribution >= 4 is 5.82 Å². The lowest BCUT2D eigenvalue weighted by molar-refractivity contribution is 0.0796. The summed E-state index contributed by atoms with van der Waals surface area (Å²) in [4.78, 5) is 4.76. The summed E-state index contributed by atoms with van der Waals surface area (Å²) < 4.78 is 7.75. The predicted molar refractivity (Wildman–Crippen MR) is 73.7 cm³/mol. The minimum absolute atomic E-state index is 0.395. The molecule has 1 aliphatic rings. The minimum atomic E-state index is 0.395. The van der Waals surface area contributed by atoms with Crippen molar-refractivity contribution < 1.29 is 4.74 Å². The molecule has 102 valence electrons. The Labute approximate surface area is 110 Å². The van der Waals surface area contributed by atoms with Gasteiger partial charge in [-0.2, -0.15) is 0 Å². The fourth-order valence-corrected chi connectivity index (χ4v) is 2.63. The molecule has 1 aromatic heterocycles. The average molecular weight is 251 g/mol. The highest BCUT2D eigenvalue weighted by molar-refractivity contribution is 5.41. The number of aryl methyl sites for hydroxylation is 1. The summed E-state index contributed by atoms with van der Waals surface area (Å²) in [6, 6.07) is 0. The minimum Gasteiger partial charge on any atom is -0.384 e. The fourth-order valence-electron chi connectivity index (χ4n) is 2.63. The Morgan fingerprint density at radius 1 is 1.44 bits per heavy atom. The Bertz CT molecular complexity index is 381. The van der Waals surface area contributed by atoms with E-state index in [0.717, 1.165) is 62.8 Å². The second-order valence-electron chi connectivity index (χ2n) is 5.07. The van der Waals surface area contributed by atoms with E-state index in [2.05, 4.69) is 18.4 Å². The van der Waals surface area contributed by atoms with Crippen LogP contribution in [0.3, 0.4) is 0 Å². The van der Waals surface area contributed by atoms with Gasteiger partial charge in [0.1, 0.15) is 11.6 Å². The average Bonchev–Trinajstić information content (AvgIpc) is 2.74. The molecule has 1 aliphatic heterocycles. The summed E-state index contributed by atoms with van der Waals surface area (Å²) in [5.74, 6) is 2.39. The van der Waals surface area contributed by atoms with Gasteiger partial charge in [-0.1, -0.05) is 20.3 Å². The molecule has 1 fully saturated rings. The number of nitrogen functional groups attached to an aromatic ring is 1. The zero-order valence-electron chi connectivity index (χ0n) is 11.6. The van der Waals surface area contributed by atoms with Crippen LogP contribution in [0.4, 0.5) is 5.82 Å². The number of nitrogens with zero attached hydrogens (tertiary/aromatic N) is 2. The molecule has 0 amide bonds. The van der Waals surface area contributed by atoms with Gasteiger partial charge in [0.25, 0.3) is 0 Å². The molecule has 1 unspecified atom stereocenters. The molecule has 1 aromatic rings. The lowest BCUT2D eigenvalue weighted by Gasteiger charge is -2.21. The van der Waals surface area contributed by atoms with E-state index in [9.17, 15) is 0 Å². The zero-order chi connectivity index (χ0) is 13.0. The third-order valence-electron chi connectivity index (χ3n) is 3.71. The molecule has 4 nitrogen and oxygen atoms in total. The summed E-state index contributed by atoms with van der Waals surface area (Å²) in [6.07, 6.45) is 5.56. The van der Waals surface area contributed by atoms with Crippen molar-refractivity contribution in [1.29, 1.82) is 0 Å². The lowest BCUT2D eigenvalue weighted by atomic mass is 9.98. The van der Waals surface area contributed by atoms with Crippen molar-refractivity contribution in [2.75, 3.05) is 18.9 Å². The standard InChI is InChI=1S/C14H25N3O/c1-3-5-8-17-12(4-2)16-13(14(17)15)11-7-6-9-18-10-11/h11H,3-10,15H2,1-2H3. The van der Waals surface area contributed by atoms with E-state index in [1.165, 1.54) is 6.42 Å². The van der Waals surface area contributed by atoms with Crippen LogP contribution in [0, 0.1) is 0 Å². The van der Waals surface area contributed by atoms with Crippen molar-refractivity contribution in [2.45, 2.75) is 58.4 Å². The smallest absolute Gasteiger partial charge is 0.127 e. The Morgan fingerprint density at radius 3 is 2.89 bits per heavy atom. The van der Waals surface area contributed by atoms with E-state index in [1.807, 2.05) is 0 Å². The number of hydrogen-bond donors (Lipinski definition) is 1. The molecule has 0 spiro atoms. The van der Waals surface area contributed by atoms with E-state index < -0.39 is 0 Å². The van der Waals surface area contributed by atoms with Crippen molar-refractivity contribution in [2.24, 2.45) is 0 Å². The number of unbranched alkanes of at least 4 members (excludes halogenated alkanes) is 1. The Morgan fingerprint density at radius 2 is 2.28 bits per heavy atom. The van der Waals surface area contributed by atoms with Gasteiger partial charge in [0.2, 0.25) is 0 Å². The van der Waals surface area contributed by atoms with Crippen LogP contribution in [0.1, 0.15) is 57.0 Å². The van der Waals surface area contributed by atoms with Crippen LogP contribution in [0.25, 0.3) is 0 Å². The van der Waals surface area contributed by atoms with E-state index >= 15 is 0 Å². The van der Waals surface area contributed by atoms with Gasteiger partial charge in [0.05, 0.1) is 12.3 Å². The van der Waals surface area contributed by atoms with Gasteiger partial charge < -0.3 is 15.0 Å². The summed E-state index contributed by atoms with van der Waals surface area (Å²) in [7, 11) is 0. The first-order chi connectivity index (χ1) is 8.77. The molecule has 0 aromatic carbocycles. The molecule has 2 rings (SSSR count). The number of imidazole rings is 1. The van der Waals surface area contributed by atoms with Crippen molar-refractivity contribution in [3.63, 3.8) is 0 Å². The third kappa shape index (κ3) is 2.69. The molecule has 18 heavy (non-hydrogen) atoms. The highest BCUT2D eigenvalue weighted by Crippen LogP contribution is 2.30. The first kappa shape index (κ1) is 13.4. The molecule has 0 saturated carbocycles. The van der Waals surface area contributed by atoms with Crippen LogP contribution < -0.4 is 5.73 Å². The number of hydrogen-bond acceptors (Lipinski definition) is 3. The Kier molecular flexibility index (Phi) is 4.64. The van der Waals surface area contributed by atoms with Crippen molar-refractivity contribution in [1.82, 2.24) is 9.55 Å². The maximum atomic E-state index is 6.30. The van der Waals surface area contributed by atoms with Crippen LogP contribution in [0.15, 0.2) is 0 Å². The number of ether oxygens (including phenoxy) is 1. The monoisotopic (exact) mass is 251 g/mol. The van der Waals surface area contributed by atoms with Crippen LogP contribution in [-0.4, -0.2) is 22.8 Å². The molecule has 0 aliphatic carbocycles. The summed E-state index contributed by atoms with van der Waals surface area (Å²) in [5.41, 5.74) is 7.37. The van der Waals surface area contributed by atoms with Gasteiger partial charge in [-0.3, -0.25) is 0 Å². The van der Waals surface area contributed by atoms with E-state index in [-0.39, 0.29) is 0 Å².